The fraction of sp³-hybridized carbons (Fsp3) is 0.385. The van der Waals surface area contributed by atoms with Crippen molar-refractivity contribution in [2.75, 3.05) is 12.4 Å². The van der Waals surface area contributed by atoms with Gasteiger partial charge in [0.25, 0.3) is 11.6 Å². The van der Waals surface area contributed by atoms with Crippen LogP contribution in [0.4, 0.5) is 5.69 Å². The number of nitrogens with zero attached hydrogens (tertiary/aromatic N) is 2. The lowest BCUT2D eigenvalue weighted by Crippen LogP contribution is -2.72. The number of nitro groups is 1. The number of ether oxygens (including phenoxy) is 2. The Hall–Kier alpha value is -3.48. The number of ketones is 1. The SMILES string of the molecule is CC(=O)NC1C(=O)N(C(Cl)C(=O)OCc2ccc([N+](=O)[O-])cc2)C1SCC(=O)C1CCCO1.c1cc2cc-2c1. The number of Topliss-reactive ketones (excluding diaryl/α,β-unsaturated/α-hetero) is 1. The van der Waals surface area contributed by atoms with E-state index in [2.05, 4.69) is 29.6 Å². The molecule has 0 spiro atoms. The number of halogens is 1. The number of nitro benzene ring substituents is 1. The van der Waals surface area contributed by atoms with Crippen LogP contribution in [-0.2, 0) is 35.3 Å². The summed E-state index contributed by atoms with van der Waals surface area (Å²) in [6.45, 7) is 1.58. The Labute approximate surface area is 233 Å². The number of fused-ring (bicyclic) bond motifs is 1. The Balaban J connectivity index is 0.000000508. The molecule has 0 bridgehead atoms. The van der Waals surface area contributed by atoms with E-state index in [1.807, 2.05) is 0 Å². The van der Waals surface area contributed by atoms with Crippen LogP contribution in [0, 0.1) is 10.1 Å². The minimum Gasteiger partial charge on any atom is -0.458 e. The Morgan fingerprint density at radius 3 is 2.44 bits per heavy atom. The van der Waals surface area contributed by atoms with Crippen LogP contribution >= 0.6 is 23.4 Å². The van der Waals surface area contributed by atoms with Gasteiger partial charge < -0.3 is 14.8 Å². The molecule has 1 aromatic carbocycles. The van der Waals surface area contributed by atoms with Gasteiger partial charge in [-0.2, -0.15) is 0 Å². The zero-order valence-corrected chi connectivity index (χ0v) is 22.5. The fourth-order valence-corrected chi connectivity index (χ4v) is 5.71. The summed E-state index contributed by atoms with van der Waals surface area (Å²) in [5.41, 5.74) is 1.77. The first-order chi connectivity index (χ1) is 18.7. The van der Waals surface area contributed by atoms with Crippen molar-refractivity contribution >= 4 is 52.6 Å². The average molecular weight is 576 g/mol. The number of amides is 2. The molecular weight excluding hydrogens is 550 g/mol. The monoisotopic (exact) mass is 575 g/mol. The summed E-state index contributed by atoms with van der Waals surface area (Å²) < 4.78 is 10.5. The number of hydrogen-bond donors (Lipinski definition) is 1. The zero-order valence-electron chi connectivity index (χ0n) is 20.9. The van der Waals surface area contributed by atoms with Gasteiger partial charge in [0, 0.05) is 25.7 Å². The van der Waals surface area contributed by atoms with Crippen molar-refractivity contribution in [3.8, 4) is 11.1 Å². The molecular formula is C26H26ClN3O8S. The molecule has 0 saturated carbocycles. The molecule has 2 heterocycles. The van der Waals surface area contributed by atoms with Gasteiger partial charge >= 0.3 is 5.97 Å². The summed E-state index contributed by atoms with van der Waals surface area (Å²) in [5.74, 6) is -2.02. The van der Waals surface area contributed by atoms with Gasteiger partial charge in [0.05, 0.1) is 10.7 Å². The standard InChI is InChI=1S/C20H22ClN3O8S.C6H4/c1-11(25)22-16-18(27)23(19(16)33-10-14(26)15-3-2-8-31-15)17(21)20(28)32-9-12-4-6-13(7-5-12)24(29)30;1-2-5-4-6(5)3-1/h4-7,15-17,19H,2-3,8-10H2,1H3,(H,22,25);1-4H. The van der Waals surface area contributed by atoms with Crippen LogP contribution in [-0.4, -0.2) is 68.8 Å². The van der Waals surface area contributed by atoms with E-state index in [0.29, 0.717) is 18.6 Å². The second kappa shape index (κ2) is 12.6. The number of β-lactam (4-membered cyclic amide) rings is 1. The van der Waals surface area contributed by atoms with Gasteiger partial charge in [-0.1, -0.05) is 29.8 Å². The molecule has 2 amide bonds. The lowest BCUT2D eigenvalue weighted by Gasteiger charge is -2.47. The minimum atomic E-state index is -1.48. The van der Waals surface area contributed by atoms with Crippen molar-refractivity contribution in [3.63, 3.8) is 0 Å². The summed E-state index contributed by atoms with van der Waals surface area (Å²) >= 11 is 7.29. The number of esters is 1. The van der Waals surface area contributed by atoms with E-state index in [9.17, 15) is 29.3 Å². The number of thioether (sulfide) groups is 1. The fourth-order valence-electron chi connectivity index (χ4n) is 4.07. The Kier molecular flexibility index (Phi) is 9.20. The van der Waals surface area contributed by atoms with Crippen LogP contribution in [0.15, 0.2) is 48.5 Å². The van der Waals surface area contributed by atoms with Crippen molar-refractivity contribution in [3.05, 3.63) is 64.2 Å². The second-order valence-electron chi connectivity index (χ2n) is 9.04. The Morgan fingerprint density at radius 1 is 1.23 bits per heavy atom. The summed E-state index contributed by atoms with van der Waals surface area (Å²) in [6.07, 6.45) is 0.947. The largest absolute Gasteiger partial charge is 0.458 e. The van der Waals surface area contributed by atoms with Gasteiger partial charge in [0.1, 0.15) is 24.1 Å². The van der Waals surface area contributed by atoms with Crippen LogP contribution in [0.2, 0.25) is 0 Å². The Bertz CT molecular complexity index is 1250. The number of alkyl halides is 1. The van der Waals surface area contributed by atoms with Crippen LogP contribution in [0.1, 0.15) is 25.3 Å². The molecule has 2 aliphatic heterocycles. The maximum atomic E-state index is 12.6. The molecule has 11 nitrogen and oxygen atoms in total. The number of carbonyl (C=O) groups excluding carboxylic acids is 4. The predicted octanol–water partition coefficient (Wildman–Crippen LogP) is 3.02. The van der Waals surface area contributed by atoms with Gasteiger partial charge in [-0.3, -0.25) is 29.4 Å². The van der Waals surface area contributed by atoms with Gasteiger partial charge in [-0.05, 0) is 47.7 Å². The number of nitrogens with one attached hydrogen (secondary N) is 1. The van der Waals surface area contributed by atoms with Crippen molar-refractivity contribution in [2.45, 2.75) is 49.4 Å². The number of non-ortho nitro benzene ring substituents is 1. The van der Waals surface area contributed by atoms with E-state index in [0.717, 1.165) is 23.1 Å². The molecule has 4 aliphatic rings. The molecule has 0 aromatic heterocycles. The van der Waals surface area contributed by atoms with E-state index in [-0.39, 0.29) is 23.8 Å². The first-order valence-corrected chi connectivity index (χ1v) is 13.6. The third-order valence-corrected chi connectivity index (χ3v) is 7.88. The number of rotatable bonds is 10. The number of benzene rings is 2. The first kappa shape index (κ1) is 28.5. The van der Waals surface area contributed by atoms with Crippen LogP contribution < -0.4 is 5.32 Å². The lowest BCUT2D eigenvalue weighted by atomic mass is 10.1. The van der Waals surface area contributed by atoms with Crippen molar-refractivity contribution in [2.24, 2.45) is 0 Å². The number of likely N-dealkylation sites (tertiary alicyclic amines) is 1. The molecule has 13 heteroatoms. The molecule has 4 unspecified atom stereocenters. The minimum absolute atomic E-state index is 0.0245. The molecule has 1 N–H and O–H groups in total. The van der Waals surface area contributed by atoms with Crippen molar-refractivity contribution < 1.29 is 33.6 Å². The van der Waals surface area contributed by atoms with Gasteiger partial charge in [-0.25, -0.2) is 4.79 Å². The third kappa shape index (κ3) is 7.14. The normalized spacial score (nSPS) is 21.1. The zero-order chi connectivity index (χ0) is 28.1. The predicted molar refractivity (Wildman–Crippen MR) is 143 cm³/mol. The van der Waals surface area contributed by atoms with E-state index in [1.165, 1.54) is 42.3 Å². The summed E-state index contributed by atoms with van der Waals surface area (Å²) in [7, 11) is 0. The molecule has 2 fully saturated rings. The molecule has 2 saturated heterocycles. The highest BCUT2D eigenvalue weighted by Crippen LogP contribution is 2.35. The quantitative estimate of drug-likeness (QED) is 0.0962. The van der Waals surface area contributed by atoms with Crippen molar-refractivity contribution in [1.82, 2.24) is 10.2 Å². The van der Waals surface area contributed by atoms with Crippen LogP contribution in [0.3, 0.4) is 0 Å². The first-order valence-electron chi connectivity index (χ1n) is 12.2. The maximum absolute atomic E-state index is 12.6. The Morgan fingerprint density at radius 2 is 1.92 bits per heavy atom. The average Bonchev–Trinajstić information content (AvgIpc) is 3.27. The molecule has 5 rings (SSSR count). The number of carbonyl (C=O) groups is 4. The second-order valence-corrected chi connectivity index (χ2v) is 10.6. The number of hydrogen-bond acceptors (Lipinski definition) is 9. The molecule has 1 aromatic rings. The van der Waals surface area contributed by atoms with Gasteiger partial charge in [-0.15, -0.1) is 11.8 Å². The molecule has 0 radical (unpaired) electrons. The highest BCUT2D eigenvalue weighted by Gasteiger charge is 2.53. The summed E-state index contributed by atoms with van der Waals surface area (Å²) in [6, 6.07) is 13.0. The molecule has 2 aliphatic carbocycles. The summed E-state index contributed by atoms with van der Waals surface area (Å²) in [4.78, 5) is 60.1. The smallest absolute Gasteiger partial charge is 0.345 e. The topological polar surface area (TPSA) is 145 Å². The van der Waals surface area contributed by atoms with Crippen LogP contribution in [0.5, 0.6) is 0 Å². The highest BCUT2D eigenvalue weighted by molar-refractivity contribution is 8.00. The maximum Gasteiger partial charge on any atom is 0.345 e. The van der Waals surface area contributed by atoms with Crippen LogP contribution in [0.25, 0.3) is 11.1 Å². The van der Waals surface area contributed by atoms with E-state index in [4.69, 9.17) is 21.1 Å². The molecule has 206 valence electrons. The molecule has 39 heavy (non-hydrogen) atoms. The van der Waals surface area contributed by atoms with Gasteiger partial charge in [0.15, 0.2) is 5.78 Å². The third-order valence-electron chi connectivity index (χ3n) is 6.20. The highest BCUT2D eigenvalue weighted by atomic mass is 35.5. The summed E-state index contributed by atoms with van der Waals surface area (Å²) in [5, 5.41) is 12.5. The van der Waals surface area contributed by atoms with Crippen molar-refractivity contribution in [1.29, 1.82) is 0 Å². The van der Waals surface area contributed by atoms with E-state index >= 15 is 0 Å². The lowest BCUT2D eigenvalue weighted by molar-refractivity contribution is -0.384. The van der Waals surface area contributed by atoms with Gasteiger partial charge in [0.2, 0.25) is 11.4 Å². The molecule has 4 atom stereocenters. The van der Waals surface area contributed by atoms with E-state index in [1.54, 1.807) is 0 Å². The van der Waals surface area contributed by atoms with E-state index < -0.39 is 45.7 Å².